The number of hydrazone groups is 1. The molecule has 2 rings (SSSR count). The van der Waals surface area contributed by atoms with Gasteiger partial charge in [0.15, 0.2) is 11.5 Å². The smallest absolute Gasteiger partial charge is 0.271 e. The zero-order valence-electron chi connectivity index (χ0n) is 13.2. The van der Waals surface area contributed by atoms with Gasteiger partial charge >= 0.3 is 0 Å². The number of nitrogens with zero attached hydrogens (tertiary/aromatic N) is 1. The summed E-state index contributed by atoms with van der Waals surface area (Å²) >= 11 is 0. The molecule has 0 radical (unpaired) electrons. The first-order valence-corrected chi connectivity index (χ1v) is 7.18. The minimum atomic E-state index is -0.371. The molecule has 1 amide bonds. The normalized spacial score (nSPS) is 10.4. The molecule has 0 aliphatic heterocycles. The van der Waals surface area contributed by atoms with Crippen LogP contribution >= 0.6 is 0 Å². The maximum atomic E-state index is 11.9. The summed E-state index contributed by atoms with van der Waals surface area (Å²) in [6, 6.07) is 11.2. The van der Waals surface area contributed by atoms with Gasteiger partial charge in [0.05, 0.1) is 13.3 Å². The SMILES string of the molecule is C=CCOc1ccc(/C=N/NC(=O)c2ccc(O)cc2)cc1OC. The topological polar surface area (TPSA) is 80.2 Å². The largest absolute Gasteiger partial charge is 0.508 e. The summed E-state index contributed by atoms with van der Waals surface area (Å²) in [4.78, 5) is 11.9. The van der Waals surface area contributed by atoms with E-state index >= 15 is 0 Å². The number of hydrogen-bond donors (Lipinski definition) is 2. The molecule has 0 spiro atoms. The van der Waals surface area contributed by atoms with Gasteiger partial charge in [0.2, 0.25) is 0 Å². The summed E-state index contributed by atoms with van der Waals surface area (Å²) in [7, 11) is 1.55. The van der Waals surface area contributed by atoms with Crippen molar-refractivity contribution in [2.24, 2.45) is 5.10 Å². The molecule has 124 valence electrons. The predicted molar refractivity (Wildman–Crippen MR) is 91.9 cm³/mol. The molecule has 24 heavy (non-hydrogen) atoms. The van der Waals surface area contributed by atoms with Gasteiger partial charge in [-0.2, -0.15) is 5.10 Å². The van der Waals surface area contributed by atoms with Crippen LogP contribution in [0.5, 0.6) is 17.2 Å². The van der Waals surface area contributed by atoms with Gasteiger partial charge in [-0.3, -0.25) is 4.79 Å². The molecule has 0 aromatic heterocycles. The minimum Gasteiger partial charge on any atom is -0.508 e. The first-order valence-electron chi connectivity index (χ1n) is 7.18. The van der Waals surface area contributed by atoms with Crippen molar-refractivity contribution >= 4 is 12.1 Å². The number of benzene rings is 2. The lowest BCUT2D eigenvalue weighted by Crippen LogP contribution is -2.17. The van der Waals surface area contributed by atoms with Crippen molar-refractivity contribution in [2.45, 2.75) is 0 Å². The molecular formula is C18H18N2O4. The maximum Gasteiger partial charge on any atom is 0.271 e. The van der Waals surface area contributed by atoms with Crippen molar-refractivity contribution in [1.82, 2.24) is 5.43 Å². The van der Waals surface area contributed by atoms with Crippen LogP contribution in [0.4, 0.5) is 0 Å². The summed E-state index contributed by atoms with van der Waals surface area (Å²) in [5.41, 5.74) is 3.56. The molecule has 2 aromatic rings. The van der Waals surface area contributed by atoms with Gasteiger partial charge in [-0.25, -0.2) is 5.43 Å². The number of hydrogen-bond acceptors (Lipinski definition) is 5. The first-order chi connectivity index (χ1) is 11.6. The molecule has 0 fully saturated rings. The Morgan fingerprint density at radius 2 is 2.00 bits per heavy atom. The molecule has 2 aromatic carbocycles. The summed E-state index contributed by atoms with van der Waals surface area (Å²) in [5, 5.41) is 13.1. The third-order valence-electron chi connectivity index (χ3n) is 3.05. The Kier molecular flexibility index (Phi) is 5.96. The zero-order valence-corrected chi connectivity index (χ0v) is 13.2. The van der Waals surface area contributed by atoms with Gasteiger partial charge in [0.25, 0.3) is 5.91 Å². The Balaban J connectivity index is 2.02. The van der Waals surface area contributed by atoms with E-state index in [4.69, 9.17) is 9.47 Å². The number of nitrogens with one attached hydrogen (secondary N) is 1. The molecule has 6 nitrogen and oxygen atoms in total. The fourth-order valence-corrected chi connectivity index (χ4v) is 1.88. The monoisotopic (exact) mass is 326 g/mol. The molecule has 0 heterocycles. The Morgan fingerprint density at radius 3 is 2.67 bits per heavy atom. The van der Waals surface area contributed by atoms with E-state index in [0.29, 0.717) is 23.7 Å². The van der Waals surface area contributed by atoms with Crippen molar-refractivity contribution in [3.05, 3.63) is 66.2 Å². The second-order valence-corrected chi connectivity index (χ2v) is 4.76. The molecule has 0 saturated carbocycles. The number of phenols is 1. The van der Waals surface area contributed by atoms with Crippen molar-refractivity contribution in [3.63, 3.8) is 0 Å². The summed E-state index contributed by atoms with van der Waals surface area (Å²) in [6.07, 6.45) is 3.14. The minimum absolute atomic E-state index is 0.0981. The molecule has 0 aliphatic carbocycles. The maximum absolute atomic E-state index is 11.9. The molecular weight excluding hydrogens is 308 g/mol. The molecule has 0 saturated heterocycles. The number of aromatic hydroxyl groups is 1. The van der Waals surface area contributed by atoms with Crippen LogP contribution in [0.1, 0.15) is 15.9 Å². The molecule has 0 bridgehead atoms. The van der Waals surface area contributed by atoms with Crippen LogP contribution in [0.25, 0.3) is 0 Å². The number of carbonyl (C=O) groups is 1. The molecule has 0 atom stereocenters. The fourth-order valence-electron chi connectivity index (χ4n) is 1.88. The Labute approximate surface area is 140 Å². The highest BCUT2D eigenvalue weighted by atomic mass is 16.5. The highest BCUT2D eigenvalue weighted by molar-refractivity contribution is 5.95. The van der Waals surface area contributed by atoms with Crippen molar-refractivity contribution in [3.8, 4) is 17.2 Å². The summed E-state index contributed by atoms with van der Waals surface area (Å²) in [5.74, 6) is 0.887. The number of phenolic OH excluding ortho intramolecular Hbond substituents is 1. The van der Waals surface area contributed by atoms with Crippen LogP contribution in [0.2, 0.25) is 0 Å². The van der Waals surface area contributed by atoms with E-state index in [1.54, 1.807) is 31.4 Å². The van der Waals surface area contributed by atoms with Crippen LogP contribution < -0.4 is 14.9 Å². The number of amides is 1. The molecule has 0 aliphatic rings. The summed E-state index contributed by atoms with van der Waals surface area (Å²) < 4.78 is 10.7. The van der Waals surface area contributed by atoms with Crippen LogP contribution in [-0.4, -0.2) is 30.9 Å². The van der Waals surface area contributed by atoms with Crippen LogP contribution in [-0.2, 0) is 0 Å². The van der Waals surface area contributed by atoms with Gasteiger partial charge < -0.3 is 14.6 Å². The van der Waals surface area contributed by atoms with E-state index in [2.05, 4.69) is 17.1 Å². The van der Waals surface area contributed by atoms with Gasteiger partial charge in [0.1, 0.15) is 12.4 Å². The van der Waals surface area contributed by atoms with Gasteiger partial charge in [0, 0.05) is 5.56 Å². The van der Waals surface area contributed by atoms with E-state index in [1.807, 2.05) is 0 Å². The fraction of sp³-hybridized carbons (Fsp3) is 0.111. The Hall–Kier alpha value is -3.28. The first kappa shape index (κ1) is 17.1. The highest BCUT2D eigenvalue weighted by Gasteiger charge is 2.05. The second-order valence-electron chi connectivity index (χ2n) is 4.76. The van der Waals surface area contributed by atoms with Crippen molar-refractivity contribution in [2.75, 3.05) is 13.7 Å². The van der Waals surface area contributed by atoms with E-state index in [1.165, 1.54) is 30.5 Å². The van der Waals surface area contributed by atoms with E-state index < -0.39 is 0 Å². The molecule has 2 N–H and O–H groups in total. The van der Waals surface area contributed by atoms with Gasteiger partial charge in [-0.05, 0) is 48.0 Å². The van der Waals surface area contributed by atoms with E-state index in [9.17, 15) is 9.90 Å². The van der Waals surface area contributed by atoms with E-state index in [0.717, 1.165) is 5.56 Å². The highest BCUT2D eigenvalue weighted by Crippen LogP contribution is 2.27. The third-order valence-corrected chi connectivity index (χ3v) is 3.05. The second kappa shape index (κ2) is 8.38. The van der Waals surface area contributed by atoms with Crippen LogP contribution in [0.15, 0.2) is 60.2 Å². The Morgan fingerprint density at radius 1 is 1.25 bits per heavy atom. The van der Waals surface area contributed by atoms with Crippen LogP contribution in [0.3, 0.4) is 0 Å². The third kappa shape index (κ3) is 4.61. The van der Waals surface area contributed by atoms with Gasteiger partial charge in [-0.15, -0.1) is 0 Å². The average Bonchev–Trinajstić information content (AvgIpc) is 2.60. The van der Waals surface area contributed by atoms with Crippen LogP contribution in [0, 0.1) is 0 Å². The molecule has 6 heteroatoms. The number of methoxy groups -OCH3 is 1. The zero-order chi connectivity index (χ0) is 17.4. The average molecular weight is 326 g/mol. The Bertz CT molecular complexity index is 739. The predicted octanol–water partition coefficient (Wildman–Crippen LogP) is 2.73. The standard InChI is InChI=1S/C18H18N2O4/c1-3-10-24-16-9-4-13(11-17(16)23-2)12-19-20-18(22)14-5-7-15(21)8-6-14/h3-9,11-12,21H,1,10H2,2H3,(H,20,22)/b19-12+. The number of rotatable bonds is 7. The quantitative estimate of drug-likeness (QED) is 0.466. The van der Waals surface area contributed by atoms with Crippen molar-refractivity contribution in [1.29, 1.82) is 0 Å². The summed E-state index contributed by atoms with van der Waals surface area (Å²) in [6.45, 7) is 3.98. The van der Waals surface area contributed by atoms with E-state index in [-0.39, 0.29) is 11.7 Å². The number of ether oxygens (including phenoxy) is 2. The molecule has 0 unspecified atom stereocenters. The van der Waals surface area contributed by atoms with Gasteiger partial charge in [-0.1, -0.05) is 12.7 Å². The lowest BCUT2D eigenvalue weighted by Gasteiger charge is -2.09. The van der Waals surface area contributed by atoms with Crippen molar-refractivity contribution < 1.29 is 19.4 Å². The number of carbonyl (C=O) groups excluding carboxylic acids is 1. The lowest BCUT2D eigenvalue weighted by molar-refractivity contribution is 0.0955. The lowest BCUT2D eigenvalue weighted by atomic mass is 10.2.